The van der Waals surface area contributed by atoms with Gasteiger partial charge in [-0.15, -0.1) is 13.2 Å². The molecule has 0 aliphatic rings. The number of hydrogen-bond acceptors (Lipinski definition) is 1. The van der Waals surface area contributed by atoms with Gasteiger partial charge in [0, 0.05) is 19.8 Å². The van der Waals surface area contributed by atoms with Gasteiger partial charge < -0.3 is 4.90 Å². The molecule has 0 N–H and O–H groups in total. The van der Waals surface area contributed by atoms with Gasteiger partial charge in [0.1, 0.15) is 0 Å². The molecule has 2 aromatic rings. The first kappa shape index (κ1) is 15.0. The minimum Gasteiger partial charge on any atom is -0.378 e. The van der Waals surface area contributed by atoms with Gasteiger partial charge in [-0.2, -0.15) is 0 Å². The van der Waals surface area contributed by atoms with Crippen LogP contribution < -0.4 is 4.90 Å². The molecular weight excluding hydrogens is 230 g/mol. The van der Waals surface area contributed by atoms with Crippen LogP contribution in [0.5, 0.6) is 0 Å². The van der Waals surface area contributed by atoms with E-state index in [1.165, 1.54) is 22.4 Å². The number of rotatable bonds is 3. The minimum absolute atomic E-state index is 1.10. The van der Waals surface area contributed by atoms with Crippen LogP contribution >= 0.6 is 0 Å². The number of hydrogen-bond donors (Lipinski definition) is 0. The third kappa shape index (κ3) is 3.99. The van der Waals surface area contributed by atoms with E-state index in [9.17, 15) is 0 Å². The molecule has 2 rings (SSSR count). The van der Waals surface area contributed by atoms with Gasteiger partial charge in [0.25, 0.3) is 0 Å². The van der Waals surface area contributed by atoms with Crippen LogP contribution in [0, 0.1) is 0 Å². The van der Waals surface area contributed by atoms with Gasteiger partial charge in [-0.05, 0) is 35.2 Å². The molecule has 1 heteroatoms. The van der Waals surface area contributed by atoms with Crippen LogP contribution in [0.3, 0.4) is 0 Å². The Morgan fingerprint density at radius 2 is 1.21 bits per heavy atom. The SMILES string of the molecule is C=C.CCc1ccc(-c2ccc(N(C)C)cc2)cc1. The van der Waals surface area contributed by atoms with Crippen molar-refractivity contribution < 1.29 is 0 Å². The van der Waals surface area contributed by atoms with E-state index in [-0.39, 0.29) is 0 Å². The molecule has 0 aliphatic carbocycles. The summed E-state index contributed by atoms with van der Waals surface area (Å²) in [6.07, 6.45) is 1.10. The lowest BCUT2D eigenvalue weighted by Gasteiger charge is -2.12. The Balaban J connectivity index is 0.000000861. The fourth-order valence-electron chi connectivity index (χ4n) is 1.88. The number of nitrogens with zero attached hydrogens (tertiary/aromatic N) is 1. The minimum atomic E-state index is 1.10. The van der Waals surface area contributed by atoms with Crippen molar-refractivity contribution in [2.45, 2.75) is 13.3 Å². The van der Waals surface area contributed by atoms with Gasteiger partial charge in [0.2, 0.25) is 0 Å². The monoisotopic (exact) mass is 253 g/mol. The quantitative estimate of drug-likeness (QED) is 0.711. The smallest absolute Gasteiger partial charge is 0.0361 e. The van der Waals surface area contributed by atoms with Crippen LogP contribution in [-0.2, 0) is 6.42 Å². The first-order chi connectivity index (χ1) is 9.20. The van der Waals surface area contributed by atoms with Crippen molar-refractivity contribution in [2.24, 2.45) is 0 Å². The summed E-state index contributed by atoms with van der Waals surface area (Å²) in [5, 5.41) is 0. The predicted octanol–water partition coefficient (Wildman–Crippen LogP) is 4.78. The highest BCUT2D eigenvalue weighted by molar-refractivity contribution is 5.66. The molecule has 2 aromatic carbocycles. The molecule has 19 heavy (non-hydrogen) atoms. The fourth-order valence-corrected chi connectivity index (χ4v) is 1.88. The largest absolute Gasteiger partial charge is 0.378 e. The van der Waals surface area contributed by atoms with E-state index in [1.54, 1.807) is 0 Å². The predicted molar refractivity (Wildman–Crippen MR) is 86.8 cm³/mol. The van der Waals surface area contributed by atoms with Crippen molar-refractivity contribution in [1.82, 2.24) is 0 Å². The van der Waals surface area contributed by atoms with E-state index >= 15 is 0 Å². The second-order valence-corrected chi connectivity index (χ2v) is 4.49. The molecule has 100 valence electrons. The highest BCUT2D eigenvalue weighted by atomic mass is 15.1. The zero-order chi connectivity index (χ0) is 14.3. The zero-order valence-corrected chi connectivity index (χ0v) is 12.2. The highest BCUT2D eigenvalue weighted by Gasteiger charge is 1.99. The summed E-state index contributed by atoms with van der Waals surface area (Å²) in [6.45, 7) is 8.18. The molecule has 0 spiro atoms. The average Bonchev–Trinajstić information content (AvgIpc) is 2.49. The molecule has 0 fully saturated rings. The third-order valence-corrected chi connectivity index (χ3v) is 3.08. The molecule has 0 amide bonds. The Morgan fingerprint density at radius 1 is 0.789 bits per heavy atom. The summed E-state index contributed by atoms with van der Waals surface area (Å²) >= 11 is 0. The maximum Gasteiger partial charge on any atom is 0.0361 e. The Labute approximate surface area is 117 Å². The molecule has 0 aromatic heterocycles. The first-order valence-corrected chi connectivity index (χ1v) is 6.57. The molecular formula is C18H23N. The van der Waals surface area contributed by atoms with Crippen molar-refractivity contribution in [3.8, 4) is 11.1 Å². The zero-order valence-electron chi connectivity index (χ0n) is 12.2. The molecule has 0 radical (unpaired) electrons. The Morgan fingerprint density at radius 3 is 1.58 bits per heavy atom. The maximum absolute atomic E-state index is 3.00. The van der Waals surface area contributed by atoms with E-state index in [0.29, 0.717) is 0 Å². The van der Waals surface area contributed by atoms with Crippen molar-refractivity contribution >= 4 is 5.69 Å². The van der Waals surface area contributed by atoms with Crippen LogP contribution in [0.4, 0.5) is 5.69 Å². The lowest BCUT2D eigenvalue weighted by atomic mass is 10.0. The normalized spacial score (nSPS) is 9.42. The summed E-state index contributed by atoms with van der Waals surface area (Å²) in [7, 11) is 4.12. The number of aryl methyl sites for hydroxylation is 1. The molecule has 0 unspecified atom stereocenters. The Bertz CT molecular complexity index is 480. The second kappa shape index (κ2) is 7.42. The van der Waals surface area contributed by atoms with Gasteiger partial charge in [-0.1, -0.05) is 43.3 Å². The van der Waals surface area contributed by atoms with Crippen molar-refractivity contribution in [1.29, 1.82) is 0 Å². The second-order valence-electron chi connectivity index (χ2n) is 4.49. The molecule has 0 aliphatic heterocycles. The lowest BCUT2D eigenvalue weighted by Crippen LogP contribution is -2.07. The molecule has 0 heterocycles. The number of benzene rings is 2. The molecule has 0 saturated carbocycles. The standard InChI is InChI=1S/C16H19N.C2H4/c1-4-13-5-7-14(8-6-13)15-9-11-16(12-10-15)17(2)3;1-2/h5-12H,4H2,1-3H3;1-2H2. The van der Waals surface area contributed by atoms with Gasteiger partial charge in [0.15, 0.2) is 0 Å². The molecule has 0 saturated heterocycles. The summed E-state index contributed by atoms with van der Waals surface area (Å²) in [5.41, 5.74) is 5.18. The van der Waals surface area contributed by atoms with Crippen LogP contribution in [0.2, 0.25) is 0 Å². The van der Waals surface area contributed by atoms with E-state index < -0.39 is 0 Å². The van der Waals surface area contributed by atoms with Crippen LogP contribution in [0.25, 0.3) is 11.1 Å². The highest BCUT2D eigenvalue weighted by Crippen LogP contribution is 2.22. The Hall–Kier alpha value is -2.02. The summed E-state index contributed by atoms with van der Waals surface area (Å²) < 4.78 is 0. The van der Waals surface area contributed by atoms with Crippen LogP contribution in [0.1, 0.15) is 12.5 Å². The van der Waals surface area contributed by atoms with E-state index in [2.05, 4.69) is 87.6 Å². The summed E-state index contributed by atoms with van der Waals surface area (Å²) in [5.74, 6) is 0. The third-order valence-electron chi connectivity index (χ3n) is 3.08. The molecule has 0 bridgehead atoms. The molecule has 1 nitrogen and oxygen atoms in total. The maximum atomic E-state index is 3.00. The number of anilines is 1. The summed E-state index contributed by atoms with van der Waals surface area (Å²) in [6, 6.07) is 17.5. The van der Waals surface area contributed by atoms with Gasteiger partial charge >= 0.3 is 0 Å². The van der Waals surface area contributed by atoms with Crippen LogP contribution in [0.15, 0.2) is 61.7 Å². The first-order valence-electron chi connectivity index (χ1n) is 6.57. The summed E-state index contributed by atoms with van der Waals surface area (Å²) in [4.78, 5) is 2.12. The topological polar surface area (TPSA) is 3.24 Å². The van der Waals surface area contributed by atoms with E-state index in [4.69, 9.17) is 0 Å². The van der Waals surface area contributed by atoms with Crippen LogP contribution in [-0.4, -0.2) is 14.1 Å². The van der Waals surface area contributed by atoms with Gasteiger partial charge in [0.05, 0.1) is 0 Å². The van der Waals surface area contributed by atoms with Crippen molar-refractivity contribution in [3.63, 3.8) is 0 Å². The van der Waals surface area contributed by atoms with Crippen molar-refractivity contribution in [3.05, 3.63) is 67.3 Å². The molecule has 0 atom stereocenters. The van der Waals surface area contributed by atoms with Gasteiger partial charge in [-0.3, -0.25) is 0 Å². The van der Waals surface area contributed by atoms with E-state index in [1.807, 2.05) is 0 Å². The average molecular weight is 253 g/mol. The van der Waals surface area contributed by atoms with E-state index in [0.717, 1.165) is 6.42 Å². The fraction of sp³-hybridized carbons (Fsp3) is 0.222. The van der Waals surface area contributed by atoms with Gasteiger partial charge in [-0.25, -0.2) is 0 Å². The Kier molecular flexibility index (Phi) is 5.87. The van der Waals surface area contributed by atoms with Crippen molar-refractivity contribution in [2.75, 3.05) is 19.0 Å². The lowest BCUT2D eigenvalue weighted by molar-refractivity contribution is 1.13.